The molecular formula is C14H12BrCl. The lowest BCUT2D eigenvalue weighted by Crippen LogP contribution is -1.86. The van der Waals surface area contributed by atoms with Gasteiger partial charge in [-0.1, -0.05) is 57.9 Å². The quantitative estimate of drug-likeness (QED) is 0.667. The second kappa shape index (κ2) is 5.03. The average molecular weight is 296 g/mol. The molecule has 2 heteroatoms. The predicted molar refractivity (Wildman–Crippen MR) is 74.3 cm³/mol. The van der Waals surface area contributed by atoms with Gasteiger partial charge < -0.3 is 0 Å². The van der Waals surface area contributed by atoms with Crippen LogP contribution in [0.1, 0.15) is 11.1 Å². The van der Waals surface area contributed by atoms with Crippen LogP contribution in [-0.4, -0.2) is 0 Å². The van der Waals surface area contributed by atoms with Gasteiger partial charge in [-0.25, -0.2) is 0 Å². The van der Waals surface area contributed by atoms with E-state index in [0.29, 0.717) is 0 Å². The van der Waals surface area contributed by atoms with E-state index in [1.807, 2.05) is 24.3 Å². The molecule has 2 rings (SSSR count). The highest BCUT2D eigenvalue weighted by atomic mass is 79.9. The number of rotatable bonds is 2. The van der Waals surface area contributed by atoms with Crippen LogP contribution in [0.3, 0.4) is 0 Å². The van der Waals surface area contributed by atoms with Crippen molar-refractivity contribution in [2.24, 2.45) is 0 Å². The first-order chi connectivity index (χ1) is 7.70. The Balaban J connectivity index is 2.44. The van der Waals surface area contributed by atoms with Crippen LogP contribution in [0.5, 0.6) is 0 Å². The van der Waals surface area contributed by atoms with E-state index >= 15 is 0 Å². The van der Waals surface area contributed by atoms with E-state index in [4.69, 9.17) is 11.6 Å². The fraction of sp³-hybridized carbons (Fsp3) is 0.143. The van der Waals surface area contributed by atoms with E-state index in [-0.39, 0.29) is 0 Å². The van der Waals surface area contributed by atoms with Gasteiger partial charge in [0.05, 0.1) is 0 Å². The molecule has 0 N–H and O–H groups in total. The van der Waals surface area contributed by atoms with Gasteiger partial charge in [0.25, 0.3) is 0 Å². The molecule has 0 aromatic heterocycles. The zero-order valence-corrected chi connectivity index (χ0v) is 11.3. The molecule has 0 unspecified atom stereocenters. The van der Waals surface area contributed by atoms with Crippen molar-refractivity contribution < 1.29 is 0 Å². The summed E-state index contributed by atoms with van der Waals surface area (Å²) >= 11 is 9.38. The third-order valence-corrected chi connectivity index (χ3v) is 3.53. The Kier molecular flexibility index (Phi) is 3.67. The molecule has 0 nitrogen and oxygen atoms in total. The molecule has 2 aromatic carbocycles. The predicted octanol–water partition coefficient (Wildman–Crippen LogP) is 5.21. The average Bonchev–Trinajstić information content (AvgIpc) is 2.31. The van der Waals surface area contributed by atoms with Crippen LogP contribution in [0.15, 0.2) is 42.5 Å². The standard InChI is InChI=1S/C14H12BrCl/c1-10-2-3-12(8-13(10)9-15)11-4-6-14(16)7-5-11/h2-8H,9H2,1H3. The number of hydrogen-bond donors (Lipinski definition) is 0. The Morgan fingerprint density at radius 3 is 2.25 bits per heavy atom. The van der Waals surface area contributed by atoms with Crippen LogP contribution in [0.2, 0.25) is 5.02 Å². The molecule has 0 aliphatic rings. The number of hydrogen-bond acceptors (Lipinski definition) is 0. The number of halogens is 2. The summed E-state index contributed by atoms with van der Waals surface area (Å²) in [5, 5.41) is 1.66. The van der Waals surface area contributed by atoms with Crippen LogP contribution in [0, 0.1) is 6.92 Å². The van der Waals surface area contributed by atoms with Crippen LogP contribution in [0.4, 0.5) is 0 Å². The third-order valence-electron chi connectivity index (χ3n) is 2.67. The van der Waals surface area contributed by atoms with E-state index in [2.05, 4.69) is 41.1 Å². The molecule has 0 amide bonds. The first-order valence-corrected chi connectivity index (χ1v) is 6.62. The number of aryl methyl sites for hydroxylation is 1. The van der Waals surface area contributed by atoms with Crippen molar-refractivity contribution >= 4 is 27.5 Å². The van der Waals surface area contributed by atoms with Gasteiger partial charge in [-0.2, -0.15) is 0 Å². The lowest BCUT2D eigenvalue weighted by molar-refractivity contribution is 1.32. The first kappa shape index (κ1) is 11.7. The zero-order chi connectivity index (χ0) is 11.5. The highest BCUT2D eigenvalue weighted by molar-refractivity contribution is 9.08. The molecule has 0 spiro atoms. The van der Waals surface area contributed by atoms with Crippen molar-refractivity contribution in [1.29, 1.82) is 0 Å². The van der Waals surface area contributed by atoms with Gasteiger partial charge in [-0.05, 0) is 41.3 Å². The maximum atomic E-state index is 5.88. The fourth-order valence-electron chi connectivity index (χ4n) is 1.64. The monoisotopic (exact) mass is 294 g/mol. The Morgan fingerprint density at radius 2 is 1.62 bits per heavy atom. The van der Waals surface area contributed by atoms with Crippen molar-refractivity contribution in [2.45, 2.75) is 12.3 Å². The molecular weight excluding hydrogens is 284 g/mol. The van der Waals surface area contributed by atoms with Gasteiger partial charge in [0.15, 0.2) is 0 Å². The van der Waals surface area contributed by atoms with E-state index in [1.165, 1.54) is 22.3 Å². The smallest absolute Gasteiger partial charge is 0.0406 e. The maximum Gasteiger partial charge on any atom is 0.0406 e. The van der Waals surface area contributed by atoms with Crippen molar-refractivity contribution in [3.8, 4) is 11.1 Å². The van der Waals surface area contributed by atoms with Crippen molar-refractivity contribution in [1.82, 2.24) is 0 Å². The summed E-state index contributed by atoms with van der Waals surface area (Å²) < 4.78 is 0. The van der Waals surface area contributed by atoms with Crippen molar-refractivity contribution in [3.05, 3.63) is 58.6 Å². The molecule has 16 heavy (non-hydrogen) atoms. The SMILES string of the molecule is Cc1ccc(-c2ccc(Cl)cc2)cc1CBr. The highest BCUT2D eigenvalue weighted by Crippen LogP contribution is 2.24. The normalized spacial score (nSPS) is 10.4. The Hall–Kier alpha value is -0.790. The second-order valence-corrected chi connectivity index (χ2v) is 4.78. The molecule has 0 atom stereocenters. The van der Waals surface area contributed by atoms with Crippen LogP contribution in [-0.2, 0) is 5.33 Å². The minimum Gasteiger partial charge on any atom is -0.0876 e. The Bertz CT molecular complexity index is 489. The largest absolute Gasteiger partial charge is 0.0876 e. The minimum absolute atomic E-state index is 0.775. The van der Waals surface area contributed by atoms with Crippen molar-refractivity contribution in [3.63, 3.8) is 0 Å². The van der Waals surface area contributed by atoms with Crippen molar-refractivity contribution in [2.75, 3.05) is 0 Å². The molecule has 0 aliphatic carbocycles. The molecule has 0 aliphatic heterocycles. The van der Waals surface area contributed by atoms with Crippen LogP contribution in [0.25, 0.3) is 11.1 Å². The summed E-state index contributed by atoms with van der Waals surface area (Å²) in [5.74, 6) is 0. The van der Waals surface area contributed by atoms with Gasteiger partial charge >= 0.3 is 0 Å². The molecule has 0 radical (unpaired) electrons. The summed E-state index contributed by atoms with van der Waals surface area (Å²) in [5.41, 5.74) is 5.07. The third kappa shape index (κ3) is 2.47. The van der Waals surface area contributed by atoms with Crippen LogP contribution >= 0.6 is 27.5 Å². The molecule has 0 bridgehead atoms. The molecule has 2 aromatic rings. The van der Waals surface area contributed by atoms with Gasteiger partial charge in [0.1, 0.15) is 0 Å². The van der Waals surface area contributed by atoms with E-state index < -0.39 is 0 Å². The lowest BCUT2D eigenvalue weighted by atomic mass is 10.0. The Morgan fingerprint density at radius 1 is 1.00 bits per heavy atom. The topological polar surface area (TPSA) is 0 Å². The van der Waals surface area contributed by atoms with Gasteiger partial charge in [0.2, 0.25) is 0 Å². The summed E-state index contributed by atoms with van der Waals surface area (Å²) in [4.78, 5) is 0. The Labute approximate surface area is 109 Å². The fourth-order valence-corrected chi connectivity index (χ4v) is 2.37. The van der Waals surface area contributed by atoms with Crippen LogP contribution < -0.4 is 0 Å². The second-order valence-electron chi connectivity index (χ2n) is 3.78. The molecule has 82 valence electrons. The minimum atomic E-state index is 0.775. The van der Waals surface area contributed by atoms with E-state index in [0.717, 1.165) is 10.4 Å². The number of alkyl halides is 1. The van der Waals surface area contributed by atoms with E-state index in [1.54, 1.807) is 0 Å². The maximum absolute atomic E-state index is 5.88. The molecule has 0 saturated carbocycles. The lowest BCUT2D eigenvalue weighted by Gasteiger charge is -2.07. The summed E-state index contributed by atoms with van der Waals surface area (Å²) in [7, 11) is 0. The summed E-state index contributed by atoms with van der Waals surface area (Å²) in [6.45, 7) is 2.13. The number of benzene rings is 2. The van der Waals surface area contributed by atoms with Gasteiger partial charge in [0, 0.05) is 10.4 Å². The van der Waals surface area contributed by atoms with E-state index in [9.17, 15) is 0 Å². The van der Waals surface area contributed by atoms with Gasteiger partial charge in [-0.3, -0.25) is 0 Å². The first-order valence-electron chi connectivity index (χ1n) is 5.12. The summed E-state index contributed by atoms with van der Waals surface area (Å²) in [6, 6.07) is 14.4. The molecule has 0 fully saturated rings. The summed E-state index contributed by atoms with van der Waals surface area (Å²) in [6.07, 6.45) is 0. The molecule has 0 saturated heterocycles. The van der Waals surface area contributed by atoms with Gasteiger partial charge in [-0.15, -0.1) is 0 Å². The zero-order valence-electron chi connectivity index (χ0n) is 9.00. The molecule has 0 heterocycles. The highest BCUT2D eigenvalue weighted by Gasteiger charge is 2.01.